The topological polar surface area (TPSA) is 47.6 Å². The Morgan fingerprint density at radius 1 is 1.37 bits per heavy atom. The van der Waals surface area contributed by atoms with Gasteiger partial charge >= 0.3 is 0 Å². The largest absolute Gasteiger partial charge is 0.353 e. The summed E-state index contributed by atoms with van der Waals surface area (Å²) in [6.45, 7) is 11.2. The Balaban J connectivity index is 1.66. The molecule has 2 aliphatic heterocycles. The van der Waals surface area contributed by atoms with Crippen molar-refractivity contribution < 1.29 is 4.79 Å². The molecular weight excluding hydrogens is 240 g/mol. The second-order valence-corrected chi connectivity index (χ2v) is 5.84. The SMILES string of the molecule is CCC(C)NC(=O)CN1CCN(C2CCNC2)CC1. The lowest BCUT2D eigenvalue weighted by molar-refractivity contribution is -0.123. The first-order valence-electron chi connectivity index (χ1n) is 7.65. The Kier molecular flexibility index (Phi) is 5.60. The van der Waals surface area contributed by atoms with Crippen LogP contribution in [-0.4, -0.2) is 73.6 Å². The molecular formula is C14H28N4O. The van der Waals surface area contributed by atoms with Crippen LogP contribution in [0, 0.1) is 0 Å². The van der Waals surface area contributed by atoms with E-state index in [1.165, 1.54) is 6.42 Å². The maximum atomic E-state index is 11.8. The second-order valence-electron chi connectivity index (χ2n) is 5.84. The molecule has 0 aromatic heterocycles. The third-order valence-corrected chi connectivity index (χ3v) is 4.34. The Morgan fingerprint density at radius 2 is 2.11 bits per heavy atom. The molecule has 2 atom stereocenters. The van der Waals surface area contributed by atoms with Crippen LogP contribution in [0.1, 0.15) is 26.7 Å². The van der Waals surface area contributed by atoms with Crippen molar-refractivity contribution in [3.8, 4) is 0 Å². The van der Waals surface area contributed by atoms with Gasteiger partial charge in [-0.2, -0.15) is 0 Å². The number of nitrogens with one attached hydrogen (secondary N) is 2. The Bertz CT molecular complexity index is 283. The van der Waals surface area contributed by atoms with Crippen LogP contribution in [0.5, 0.6) is 0 Å². The summed E-state index contributed by atoms with van der Waals surface area (Å²) in [7, 11) is 0. The lowest BCUT2D eigenvalue weighted by Gasteiger charge is -2.37. The molecule has 2 unspecified atom stereocenters. The van der Waals surface area contributed by atoms with E-state index in [0.29, 0.717) is 12.6 Å². The Labute approximate surface area is 116 Å². The maximum Gasteiger partial charge on any atom is 0.234 e. The fraction of sp³-hybridized carbons (Fsp3) is 0.929. The lowest BCUT2D eigenvalue weighted by Crippen LogP contribution is -2.53. The highest BCUT2D eigenvalue weighted by atomic mass is 16.2. The predicted molar refractivity (Wildman–Crippen MR) is 77.2 cm³/mol. The minimum atomic E-state index is 0.172. The normalized spacial score (nSPS) is 27.4. The molecule has 5 heteroatoms. The Morgan fingerprint density at radius 3 is 2.68 bits per heavy atom. The molecule has 2 saturated heterocycles. The molecule has 0 saturated carbocycles. The van der Waals surface area contributed by atoms with Crippen LogP contribution in [0.25, 0.3) is 0 Å². The standard InChI is InChI=1S/C14H28N4O/c1-3-12(2)16-14(19)11-17-6-8-18(9-7-17)13-4-5-15-10-13/h12-13,15H,3-11H2,1-2H3,(H,16,19). The smallest absolute Gasteiger partial charge is 0.234 e. The fourth-order valence-corrected chi connectivity index (χ4v) is 2.86. The number of hydrogen-bond acceptors (Lipinski definition) is 4. The van der Waals surface area contributed by atoms with Crippen LogP contribution < -0.4 is 10.6 Å². The highest BCUT2D eigenvalue weighted by Crippen LogP contribution is 2.11. The highest BCUT2D eigenvalue weighted by molar-refractivity contribution is 5.78. The van der Waals surface area contributed by atoms with Crippen molar-refractivity contribution in [1.29, 1.82) is 0 Å². The van der Waals surface area contributed by atoms with E-state index in [9.17, 15) is 4.79 Å². The van der Waals surface area contributed by atoms with Crippen LogP contribution in [0.15, 0.2) is 0 Å². The monoisotopic (exact) mass is 268 g/mol. The molecule has 2 fully saturated rings. The highest BCUT2D eigenvalue weighted by Gasteiger charge is 2.26. The number of amides is 1. The van der Waals surface area contributed by atoms with Gasteiger partial charge in [0.2, 0.25) is 5.91 Å². The van der Waals surface area contributed by atoms with Crippen molar-refractivity contribution in [3.63, 3.8) is 0 Å². The van der Waals surface area contributed by atoms with Gasteiger partial charge in [0.15, 0.2) is 0 Å². The van der Waals surface area contributed by atoms with Gasteiger partial charge in [-0.05, 0) is 26.3 Å². The minimum absolute atomic E-state index is 0.172. The van der Waals surface area contributed by atoms with Crippen molar-refractivity contribution in [2.45, 2.75) is 38.8 Å². The van der Waals surface area contributed by atoms with Crippen LogP contribution >= 0.6 is 0 Å². The first kappa shape index (κ1) is 14.8. The van der Waals surface area contributed by atoms with E-state index >= 15 is 0 Å². The summed E-state index contributed by atoms with van der Waals surface area (Å²) in [6.07, 6.45) is 2.27. The third-order valence-electron chi connectivity index (χ3n) is 4.34. The summed E-state index contributed by atoms with van der Waals surface area (Å²) in [5.74, 6) is 0.172. The van der Waals surface area contributed by atoms with Gasteiger partial charge in [0.25, 0.3) is 0 Å². The average molecular weight is 268 g/mol. The molecule has 2 rings (SSSR count). The number of carbonyl (C=O) groups excluding carboxylic acids is 1. The Hall–Kier alpha value is -0.650. The van der Waals surface area contributed by atoms with Gasteiger partial charge in [0, 0.05) is 44.8 Å². The summed E-state index contributed by atoms with van der Waals surface area (Å²) in [5, 5.41) is 6.46. The number of hydrogen-bond donors (Lipinski definition) is 2. The predicted octanol–water partition coefficient (Wildman–Crippen LogP) is -0.119. The summed E-state index contributed by atoms with van der Waals surface area (Å²) in [4.78, 5) is 16.7. The van der Waals surface area contributed by atoms with Crippen LogP contribution in [0.2, 0.25) is 0 Å². The van der Waals surface area contributed by atoms with Crippen molar-refractivity contribution in [3.05, 3.63) is 0 Å². The number of rotatable bonds is 5. The molecule has 110 valence electrons. The molecule has 0 aliphatic carbocycles. The average Bonchev–Trinajstić information content (AvgIpc) is 2.93. The lowest BCUT2D eigenvalue weighted by atomic mass is 10.2. The summed E-state index contributed by atoms with van der Waals surface area (Å²) >= 11 is 0. The quantitative estimate of drug-likeness (QED) is 0.730. The molecule has 0 aromatic carbocycles. The van der Waals surface area contributed by atoms with Gasteiger partial charge in [-0.3, -0.25) is 14.6 Å². The second kappa shape index (κ2) is 7.22. The molecule has 2 aliphatic rings. The molecule has 0 bridgehead atoms. The van der Waals surface area contributed by atoms with Gasteiger partial charge in [-0.25, -0.2) is 0 Å². The zero-order chi connectivity index (χ0) is 13.7. The first-order chi connectivity index (χ1) is 9.19. The van der Waals surface area contributed by atoms with Crippen LogP contribution in [0.3, 0.4) is 0 Å². The van der Waals surface area contributed by atoms with Gasteiger partial charge < -0.3 is 10.6 Å². The van der Waals surface area contributed by atoms with E-state index in [-0.39, 0.29) is 5.91 Å². The summed E-state index contributed by atoms with van der Waals surface area (Å²) < 4.78 is 0. The van der Waals surface area contributed by atoms with E-state index < -0.39 is 0 Å². The molecule has 19 heavy (non-hydrogen) atoms. The van der Waals surface area contributed by atoms with Gasteiger partial charge in [0.1, 0.15) is 0 Å². The number of nitrogens with zero attached hydrogens (tertiary/aromatic N) is 2. The van der Waals surface area contributed by atoms with Crippen LogP contribution in [-0.2, 0) is 4.79 Å². The summed E-state index contributed by atoms with van der Waals surface area (Å²) in [5.41, 5.74) is 0. The minimum Gasteiger partial charge on any atom is -0.353 e. The zero-order valence-electron chi connectivity index (χ0n) is 12.3. The summed E-state index contributed by atoms with van der Waals surface area (Å²) in [6, 6.07) is 1.01. The molecule has 2 N–H and O–H groups in total. The van der Waals surface area contributed by atoms with E-state index in [1.54, 1.807) is 0 Å². The van der Waals surface area contributed by atoms with Crippen molar-refractivity contribution in [2.24, 2.45) is 0 Å². The molecule has 2 heterocycles. The first-order valence-corrected chi connectivity index (χ1v) is 7.65. The number of carbonyl (C=O) groups is 1. The fourth-order valence-electron chi connectivity index (χ4n) is 2.86. The maximum absolute atomic E-state index is 11.8. The van der Waals surface area contributed by atoms with Crippen LogP contribution in [0.4, 0.5) is 0 Å². The third kappa shape index (κ3) is 4.44. The van der Waals surface area contributed by atoms with Gasteiger partial charge in [0.05, 0.1) is 6.54 Å². The molecule has 0 aromatic rings. The van der Waals surface area contributed by atoms with Crippen molar-refractivity contribution in [1.82, 2.24) is 20.4 Å². The van der Waals surface area contributed by atoms with Crippen molar-refractivity contribution in [2.75, 3.05) is 45.8 Å². The van der Waals surface area contributed by atoms with E-state index in [1.807, 2.05) is 0 Å². The van der Waals surface area contributed by atoms with Gasteiger partial charge in [-0.15, -0.1) is 0 Å². The van der Waals surface area contributed by atoms with E-state index in [4.69, 9.17) is 0 Å². The van der Waals surface area contributed by atoms with E-state index in [0.717, 1.165) is 51.7 Å². The number of piperazine rings is 1. The zero-order valence-corrected chi connectivity index (χ0v) is 12.3. The molecule has 0 radical (unpaired) electrons. The van der Waals surface area contributed by atoms with Crippen molar-refractivity contribution >= 4 is 5.91 Å². The van der Waals surface area contributed by atoms with E-state index in [2.05, 4.69) is 34.3 Å². The van der Waals surface area contributed by atoms with Gasteiger partial charge in [-0.1, -0.05) is 6.92 Å². The molecule has 1 amide bonds. The molecule has 0 spiro atoms. The molecule has 5 nitrogen and oxygen atoms in total.